The maximum Gasteiger partial charge on any atom is 0.191 e. The Morgan fingerprint density at radius 3 is 2.64 bits per heavy atom. The lowest BCUT2D eigenvalue weighted by Crippen LogP contribution is -2.46. The second kappa shape index (κ2) is 10.4. The molecule has 1 heterocycles. The molecule has 0 bridgehead atoms. The van der Waals surface area contributed by atoms with E-state index in [-0.39, 0.29) is 0 Å². The molecular weight excluding hydrogens is 312 g/mol. The molecule has 1 aromatic rings. The largest absolute Gasteiger partial charge is 0.379 e. The summed E-state index contributed by atoms with van der Waals surface area (Å²) in [6.45, 7) is 12.0. The molecule has 0 aliphatic carbocycles. The van der Waals surface area contributed by atoms with Gasteiger partial charge in [-0.1, -0.05) is 43.7 Å². The van der Waals surface area contributed by atoms with Gasteiger partial charge in [-0.15, -0.1) is 0 Å². The summed E-state index contributed by atoms with van der Waals surface area (Å²) in [5.74, 6) is 1.57. The molecule has 0 saturated carbocycles. The third-order valence-electron chi connectivity index (χ3n) is 4.61. The second-order valence-electron chi connectivity index (χ2n) is 7.14. The van der Waals surface area contributed by atoms with Crippen LogP contribution in [0.25, 0.3) is 0 Å². The van der Waals surface area contributed by atoms with Crippen molar-refractivity contribution in [3.05, 3.63) is 35.4 Å². The van der Waals surface area contributed by atoms with Crippen LogP contribution in [0.15, 0.2) is 29.3 Å². The van der Waals surface area contributed by atoms with Crippen LogP contribution in [0, 0.1) is 12.8 Å². The molecule has 1 aliphatic heterocycles. The molecule has 5 heteroatoms. The zero-order valence-corrected chi connectivity index (χ0v) is 16.2. The van der Waals surface area contributed by atoms with Crippen LogP contribution in [0.3, 0.4) is 0 Å². The Labute approximate surface area is 152 Å². The maximum atomic E-state index is 5.53. The average Bonchev–Trinajstić information content (AvgIpc) is 2.61. The number of aryl methyl sites for hydroxylation is 1. The van der Waals surface area contributed by atoms with Gasteiger partial charge in [-0.05, 0) is 24.8 Å². The summed E-state index contributed by atoms with van der Waals surface area (Å²) in [4.78, 5) is 6.87. The van der Waals surface area contributed by atoms with Crippen molar-refractivity contribution >= 4 is 5.96 Å². The van der Waals surface area contributed by atoms with Crippen molar-refractivity contribution in [2.75, 3.05) is 46.4 Å². The number of aliphatic imine (C=N–C) groups is 1. The van der Waals surface area contributed by atoms with E-state index in [1.54, 1.807) is 0 Å². The molecule has 0 aromatic heterocycles. The number of benzene rings is 1. The smallest absolute Gasteiger partial charge is 0.191 e. The summed E-state index contributed by atoms with van der Waals surface area (Å²) in [5, 5.41) is 6.93. The molecule has 1 aliphatic rings. The Morgan fingerprint density at radius 1 is 1.24 bits per heavy atom. The van der Waals surface area contributed by atoms with Gasteiger partial charge in [-0.25, -0.2) is 0 Å². The lowest BCUT2D eigenvalue weighted by molar-refractivity contribution is 0.0170. The van der Waals surface area contributed by atoms with Crippen LogP contribution in [0.4, 0.5) is 0 Å². The Balaban J connectivity index is 2.00. The highest BCUT2D eigenvalue weighted by Crippen LogP contribution is 2.22. The summed E-state index contributed by atoms with van der Waals surface area (Å²) in [6.07, 6.45) is 1.14. The molecule has 5 nitrogen and oxygen atoms in total. The van der Waals surface area contributed by atoms with Crippen molar-refractivity contribution in [2.45, 2.75) is 33.2 Å². The Bertz CT molecular complexity index is 538. The van der Waals surface area contributed by atoms with E-state index >= 15 is 0 Å². The summed E-state index contributed by atoms with van der Waals surface area (Å²) >= 11 is 0. The fourth-order valence-electron chi connectivity index (χ4n) is 3.12. The number of guanidine groups is 1. The molecule has 1 aromatic carbocycles. The van der Waals surface area contributed by atoms with Crippen molar-refractivity contribution in [2.24, 2.45) is 10.9 Å². The molecule has 1 unspecified atom stereocenters. The average molecular weight is 347 g/mol. The molecular formula is C20H34N4O. The van der Waals surface area contributed by atoms with Gasteiger partial charge in [0, 0.05) is 33.2 Å². The van der Waals surface area contributed by atoms with Gasteiger partial charge in [0.05, 0.1) is 19.3 Å². The maximum absolute atomic E-state index is 5.53. The second-order valence-corrected chi connectivity index (χ2v) is 7.14. The van der Waals surface area contributed by atoms with Crippen LogP contribution < -0.4 is 10.6 Å². The third kappa shape index (κ3) is 6.67. The van der Waals surface area contributed by atoms with E-state index in [1.807, 2.05) is 7.05 Å². The lowest BCUT2D eigenvalue weighted by Gasteiger charge is -2.35. The van der Waals surface area contributed by atoms with E-state index < -0.39 is 0 Å². The highest BCUT2D eigenvalue weighted by Gasteiger charge is 2.23. The molecule has 0 amide bonds. The zero-order chi connectivity index (χ0) is 18.1. The summed E-state index contributed by atoms with van der Waals surface area (Å²) in [5.41, 5.74) is 2.65. The van der Waals surface area contributed by atoms with Gasteiger partial charge < -0.3 is 15.4 Å². The van der Waals surface area contributed by atoms with Gasteiger partial charge in [0.2, 0.25) is 0 Å². The molecule has 1 fully saturated rings. The van der Waals surface area contributed by atoms with Gasteiger partial charge in [-0.3, -0.25) is 9.89 Å². The lowest BCUT2D eigenvalue weighted by atomic mass is 10.0. The third-order valence-corrected chi connectivity index (χ3v) is 4.61. The first-order chi connectivity index (χ1) is 12.1. The normalized spacial score (nSPS) is 17.6. The van der Waals surface area contributed by atoms with Crippen molar-refractivity contribution in [3.63, 3.8) is 0 Å². The predicted octanol–water partition coefficient (Wildman–Crippen LogP) is 2.58. The highest BCUT2D eigenvalue weighted by molar-refractivity contribution is 5.79. The predicted molar refractivity (Wildman–Crippen MR) is 105 cm³/mol. The standard InChI is InChI=1S/C20H34N4O/c1-16(2)8-9-22-20(21-4)23-15-19(24-10-12-25-13-11-24)18-7-5-6-17(3)14-18/h5-7,14,16,19H,8-13,15H2,1-4H3,(H2,21,22,23). The fraction of sp³-hybridized carbons (Fsp3) is 0.650. The Morgan fingerprint density at radius 2 is 2.00 bits per heavy atom. The Kier molecular flexibility index (Phi) is 8.22. The van der Waals surface area contributed by atoms with Crippen LogP contribution >= 0.6 is 0 Å². The number of hydrogen-bond acceptors (Lipinski definition) is 3. The molecule has 1 atom stereocenters. The van der Waals surface area contributed by atoms with Crippen LogP contribution in [0.2, 0.25) is 0 Å². The van der Waals surface area contributed by atoms with Crippen LogP contribution in [-0.4, -0.2) is 57.3 Å². The van der Waals surface area contributed by atoms with Gasteiger partial charge in [0.15, 0.2) is 5.96 Å². The van der Waals surface area contributed by atoms with E-state index in [0.29, 0.717) is 12.0 Å². The van der Waals surface area contributed by atoms with E-state index in [4.69, 9.17) is 4.74 Å². The SMILES string of the molecule is CN=C(NCCC(C)C)NCC(c1cccc(C)c1)N1CCOCC1. The van der Waals surface area contributed by atoms with E-state index in [1.165, 1.54) is 11.1 Å². The van der Waals surface area contributed by atoms with E-state index in [2.05, 4.69) is 65.6 Å². The van der Waals surface area contributed by atoms with Gasteiger partial charge in [-0.2, -0.15) is 0 Å². The molecule has 0 spiro atoms. The van der Waals surface area contributed by atoms with E-state index in [0.717, 1.165) is 51.8 Å². The summed E-state index contributed by atoms with van der Waals surface area (Å²) in [7, 11) is 1.83. The molecule has 2 rings (SSSR count). The quantitative estimate of drug-likeness (QED) is 0.588. The minimum Gasteiger partial charge on any atom is -0.379 e. The summed E-state index contributed by atoms with van der Waals surface area (Å²) < 4.78 is 5.53. The van der Waals surface area contributed by atoms with Crippen LogP contribution in [-0.2, 0) is 4.74 Å². The number of nitrogens with one attached hydrogen (secondary N) is 2. The van der Waals surface area contributed by atoms with Crippen molar-refractivity contribution in [1.82, 2.24) is 15.5 Å². The van der Waals surface area contributed by atoms with Crippen LogP contribution in [0.5, 0.6) is 0 Å². The topological polar surface area (TPSA) is 48.9 Å². The van der Waals surface area contributed by atoms with Crippen molar-refractivity contribution < 1.29 is 4.74 Å². The highest BCUT2D eigenvalue weighted by atomic mass is 16.5. The zero-order valence-electron chi connectivity index (χ0n) is 16.2. The monoisotopic (exact) mass is 346 g/mol. The molecule has 1 saturated heterocycles. The first-order valence-corrected chi connectivity index (χ1v) is 9.43. The number of hydrogen-bond donors (Lipinski definition) is 2. The number of morpholine rings is 1. The van der Waals surface area contributed by atoms with Crippen molar-refractivity contribution in [1.29, 1.82) is 0 Å². The Hall–Kier alpha value is -1.59. The number of nitrogens with zero attached hydrogens (tertiary/aromatic N) is 2. The fourth-order valence-corrected chi connectivity index (χ4v) is 3.12. The molecule has 140 valence electrons. The van der Waals surface area contributed by atoms with Crippen LogP contribution in [0.1, 0.15) is 37.4 Å². The first-order valence-electron chi connectivity index (χ1n) is 9.43. The van der Waals surface area contributed by atoms with Gasteiger partial charge in [0.25, 0.3) is 0 Å². The molecule has 25 heavy (non-hydrogen) atoms. The van der Waals surface area contributed by atoms with Crippen molar-refractivity contribution in [3.8, 4) is 0 Å². The summed E-state index contributed by atoms with van der Waals surface area (Å²) in [6, 6.07) is 9.14. The minimum absolute atomic E-state index is 0.326. The van der Waals surface area contributed by atoms with Gasteiger partial charge >= 0.3 is 0 Å². The van der Waals surface area contributed by atoms with Gasteiger partial charge in [0.1, 0.15) is 0 Å². The van der Waals surface area contributed by atoms with E-state index in [9.17, 15) is 0 Å². The molecule has 2 N–H and O–H groups in total. The minimum atomic E-state index is 0.326. The first kappa shape index (κ1) is 19.7. The number of ether oxygens (including phenoxy) is 1. The molecule has 0 radical (unpaired) electrons. The number of rotatable bonds is 7.